The van der Waals surface area contributed by atoms with Crippen molar-refractivity contribution in [1.82, 2.24) is 4.31 Å². The SMILES string of the molecule is Cc1oc(C)c(S(=O)(=O)N(C)Cc2ccccc2)c1CN. The van der Waals surface area contributed by atoms with Gasteiger partial charge in [-0.05, 0) is 19.4 Å². The summed E-state index contributed by atoms with van der Waals surface area (Å²) < 4.78 is 32.3. The summed E-state index contributed by atoms with van der Waals surface area (Å²) >= 11 is 0. The summed E-state index contributed by atoms with van der Waals surface area (Å²) in [5.41, 5.74) is 7.15. The van der Waals surface area contributed by atoms with Crippen molar-refractivity contribution in [3.05, 3.63) is 53.0 Å². The third-order valence-corrected chi connectivity index (χ3v) is 5.44. The first kappa shape index (κ1) is 15.8. The van der Waals surface area contributed by atoms with E-state index in [1.54, 1.807) is 20.9 Å². The molecule has 0 fully saturated rings. The minimum atomic E-state index is -3.63. The average molecular weight is 308 g/mol. The lowest BCUT2D eigenvalue weighted by molar-refractivity contribution is 0.459. The van der Waals surface area contributed by atoms with E-state index in [1.807, 2.05) is 30.3 Å². The highest BCUT2D eigenvalue weighted by atomic mass is 32.2. The number of sulfonamides is 1. The number of aryl methyl sites for hydroxylation is 2. The molecule has 0 amide bonds. The van der Waals surface area contributed by atoms with Crippen LogP contribution in [0.3, 0.4) is 0 Å². The molecule has 114 valence electrons. The third-order valence-electron chi connectivity index (χ3n) is 3.45. The molecule has 0 aliphatic rings. The Balaban J connectivity index is 2.38. The Morgan fingerprint density at radius 3 is 2.33 bits per heavy atom. The molecule has 0 aliphatic carbocycles. The van der Waals surface area contributed by atoms with E-state index in [2.05, 4.69) is 0 Å². The van der Waals surface area contributed by atoms with Gasteiger partial charge in [0.1, 0.15) is 16.4 Å². The van der Waals surface area contributed by atoms with Gasteiger partial charge in [-0.25, -0.2) is 8.42 Å². The van der Waals surface area contributed by atoms with Crippen LogP contribution in [-0.2, 0) is 23.1 Å². The van der Waals surface area contributed by atoms with Crippen molar-refractivity contribution in [3.63, 3.8) is 0 Å². The molecule has 0 aliphatic heterocycles. The summed E-state index contributed by atoms with van der Waals surface area (Å²) in [6.07, 6.45) is 0. The number of benzene rings is 1. The van der Waals surface area contributed by atoms with E-state index in [0.29, 0.717) is 23.6 Å². The van der Waals surface area contributed by atoms with Crippen LogP contribution in [0.2, 0.25) is 0 Å². The van der Waals surface area contributed by atoms with Gasteiger partial charge in [0.2, 0.25) is 10.0 Å². The number of furan rings is 1. The molecule has 0 saturated carbocycles. The molecular weight excluding hydrogens is 288 g/mol. The van der Waals surface area contributed by atoms with Gasteiger partial charge in [0, 0.05) is 25.7 Å². The molecule has 2 N–H and O–H groups in total. The van der Waals surface area contributed by atoms with Gasteiger partial charge in [-0.1, -0.05) is 30.3 Å². The predicted molar refractivity (Wildman–Crippen MR) is 81.2 cm³/mol. The van der Waals surface area contributed by atoms with E-state index in [1.165, 1.54) is 4.31 Å². The monoisotopic (exact) mass is 308 g/mol. The van der Waals surface area contributed by atoms with Crippen LogP contribution in [0.25, 0.3) is 0 Å². The number of nitrogens with two attached hydrogens (primary N) is 1. The smallest absolute Gasteiger partial charge is 0.246 e. The Morgan fingerprint density at radius 2 is 1.76 bits per heavy atom. The molecule has 2 rings (SSSR count). The summed E-state index contributed by atoms with van der Waals surface area (Å²) in [5.74, 6) is 0.939. The van der Waals surface area contributed by atoms with Crippen molar-refractivity contribution in [2.45, 2.75) is 31.8 Å². The molecule has 0 unspecified atom stereocenters. The van der Waals surface area contributed by atoms with Crippen molar-refractivity contribution in [2.24, 2.45) is 5.73 Å². The van der Waals surface area contributed by atoms with Gasteiger partial charge < -0.3 is 10.2 Å². The van der Waals surface area contributed by atoms with Crippen molar-refractivity contribution >= 4 is 10.0 Å². The summed E-state index contributed by atoms with van der Waals surface area (Å²) in [6.45, 7) is 3.81. The summed E-state index contributed by atoms with van der Waals surface area (Å²) in [7, 11) is -2.07. The molecular formula is C15H20N2O3S. The standard InChI is InChI=1S/C15H20N2O3S/c1-11-14(9-16)15(12(2)20-11)21(18,19)17(3)10-13-7-5-4-6-8-13/h4-8H,9-10,16H2,1-3H3. The predicted octanol–water partition coefficient (Wildman–Crippen LogP) is 2.18. The van der Waals surface area contributed by atoms with Gasteiger partial charge in [0.05, 0.1) is 0 Å². The van der Waals surface area contributed by atoms with Crippen LogP contribution >= 0.6 is 0 Å². The zero-order valence-corrected chi connectivity index (χ0v) is 13.3. The molecule has 0 atom stereocenters. The van der Waals surface area contributed by atoms with E-state index in [4.69, 9.17) is 10.2 Å². The maximum atomic E-state index is 12.8. The number of nitrogens with zero attached hydrogens (tertiary/aromatic N) is 1. The first-order valence-corrected chi connectivity index (χ1v) is 8.11. The molecule has 21 heavy (non-hydrogen) atoms. The highest BCUT2D eigenvalue weighted by molar-refractivity contribution is 7.89. The Labute approximate surface area is 125 Å². The molecule has 1 aromatic heterocycles. The average Bonchev–Trinajstić information content (AvgIpc) is 2.74. The molecule has 1 heterocycles. The second kappa shape index (κ2) is 6.01. The molecule has 6 heteroatoms. The van der Waals surface area contributed by atoms with Crippen molar-refractivity contribution in [2.75, 3.05) is 7.05 Å². The molecule has 5 nitrogen and oxygen atoms in total. The van der Waals surface area contributed by atoms with E-state index < -0.39 is 10.0 Å². The van der Waals surface area contributed by atoms with Crippen molar-refractivity contribution in [3.8, 4) is 0 Å². The second-order valence-corrected chi connectivity index (χ2v) is 6.95. The maximum Gasteiger partial charge on any atom is 0.246 e. The largest absolute Gasteiger partial charge is 0.465 e. The van der Waals surface area contributed by atoms with Gasteiger partial charge in [-0.2, -0.15) is 4.31 Å². The minimum Gasteiger partial charge on any atom is -0.465 e. The van der Waals surface area contributed by atoms with Crippen LogP contribution in [0.1, 0.15) is 22.6 Å². The lowest BCUT2D eigenvalue weighted by Gasteiger charge is -2.17. The molecule has 0 radical (unpaired) electrons. The maximum absolute atomic E-state index is 12.8. The lowest BCUT2D eigenvalue weighted by Crippen LogP contribution is -2.27. The summed E-state index contributed by atoms with van der Waals surface area (Å²) in [5, 5.41) is 0. The Hall–Kier alpha value is -1.63. The molecule has 2 aromatic rings. The quantitative estimate of drug-likeness (QED) is 0.918. The topological polar surface area (TPSA) is 76.5 Å². The van der Waals surface area contributed by atoms with E-state index >= 15 is 0 Å². The molecule has 0 bridgehead atoms. The molecule has 0 spiro atoms. The van der Waals surface area contributed by atoms with Crippen LogP contribution in [0.15, 0.2) is 39.6 Å². The Kier molecular flexibility index (Phi) is 4.51. The highest BCUT2D eigenvalue weighted by Crippen LogP contribution is 2.29. The summed E-state index contributed by atoms with van der Waals surface area (Å²) in [4.78, 5) is 0.195. The van der Waals surface area contributed by atoms with E-state index in [9.17, 15) is 8.42 Å². The number of hydrogen-bond donors (Lipinski definition) is 1. The zero-order valence-electron chi connectivity index (χ0n) is 12.5. The number of hydrogen-bond acceptors (Lipinski definition) is 4. The van der Waals surface area contributed by atoms with Crippen LogP contribution in [0.5, 0.6) is 0 Å². The Morgan fingerprint density at radius 1 is 1.14 bits per heavy atom. The van der Waals surface area contributed by atoms with Crippen LogP contribution in [0.4, 0.5) is 0 Å². The fourth-order valence-corrected chi connectivity index (χ4v) is 3.94. The fourth-order valence-electron chi connectivity index (χ4n) is 2.37. The van der Waals surface area contributed by atoms with Crippen LogP contribution in [0, 0.1) is 13.8 Å². The highest BCUT2D eigenvalue weighted by Gasteiger charge is 2.29. The Bertz CT molecular complexity index is 721. The molecule has 1 aromatic carbocycles. The van der Waals surface area contributed by atoms with Crippen LogP contribution in [-0.4, -0.2) is 19.8 Å². The van der Waals surface area contributed by atoms with Gasteiger partial charge in [-0.3, -0.25) is 0 Å². The molecule has 0 saturated heterocycles. The van der Waals surface area contributed by atoms with Gasteiger partial charge in [-0.15, -0.1) is 0 Å². The lowest BCUT2D eigenvalue weighted by atomic mass is 10.2. The zero-order chi connectivity index (χ0) is 15.6. The van der Waals surface area contributed by atoms with Crippen LogP contribution < -0.4 is 5.73 Å². The minimum absolute atomic E-state index is 0.136. The number of rotatable bonds is 5. The van der Waals surface area contributed by atoms with E-state index in [-0.39, 0.29) is 11.4 Å². The first-order chi connectivity index (χ1) is 9.87. The third kappa shape index (κ3) is 3.02. The van der Waals surface area contributed by atoms with Gasteiger partial charge >= 0.3 is 0 Å². The van der Waals surface area contributed by atoms with Gasteiger partial charge in [0.15, 0.2) is 0 Å². The van der Waals surface area contributed by atoms with Gasteiger partial charge in [0.25, 0.3) is 0 Å². The van der Waals surface area contributed by atoms with Crippen molar-refractivity contribution in [1.29, 1.82) is 0 Å². The summed E-state index contributed by atoms with van der Waals surface area (Å²) in [6, 6.07) is 9.45. The fraction of sp³-hybridized carbons (Fsp3) is 0.333. The second-order valence-electron chi connectivity index (χ2n) is 4.97. The normalized spacial score (nSPS) is 12.0. The van der Waals surface area contributed by atoms with E-state index in [0.717, 1.165) is 5.56 Å². The first-order valence-electron chi connectivity index (χ1n) is 6.67. The van der Waals surface area contributed by atoms with Crippen molar-refractivity contribution < 1.29 is 12.8 Å².